The highest BCUT2D eigenvalue weighted by atomic mass is 32.2. The Kier molecular flexibility index (Phi) is 16.3. The Labute approximate surface area is 326 Å². The van der Waals surface area contributed by atoms with Crippen LogP contribution in [0.15, 0.2) is 94.7 Å². The van der Waals surface area contributed by atoms with E-state index in [2.05, 4.69) is 71.6 Å². The second-order valence-electron chi connectivity index (χ2n) is 13.9. The van der Waals surface area contributed by atoms with E-state index >= 15 is 0 Å². The van der Waals surface area contributed by atoms with E-state index in [4.69, 9.17) is 0 Å². The van der Waals surface area contributed by atoms with E-state index < -0.39 is 0 Å². The number of rotatable bonds is 17. The monoisotopic (exact) mass is 739 g/mol. The molecule has 5 aromatic rings. The van der Waals surface area contributed by atoms with Crippen LogP contribution in [0.5, 0.6) is 0 Å². The third-order valence-corrected chi connectivity index (χ3v) is 11.1. The summed E-state index contributed by atoms with van der Waals surface area (Å²) in [6, 6.07) is 28.8. The molecule has 1 heterocycles. The van der Waals surface area contributed by atoms with Crippen molar-refractivity contribution in [2.24, 2.45) is 0 Å². The maximum absolute atomic E-state index is 11.5. The highest BCUT2D eigenvalue weighted by molar-refractivity contribution is 8.13. The predicted octanol–water partition coefficient (Wildman–Crippen LogP) is 13.4. The first kappa shape index (κ1) is 40.0. The molecule has 0 aliphatic rings. The van der Waals surface area contributed by atoms with Crippen molar-refractivity contribution >= 4 is 55.6 Å². The summed E-state index contributed by atoms with van der Waals surface area (Å²) in [5.41, 5.74) is 6.24. The van der Waals surface area contributed by atoms with Crippen molar-refractivity contribution in [3.63, 3.8) is 0 Å². The van der Waals surface area contributed by atoms with Crippen LogP contribution in [0.1, 0.15) is 133 Å². The van der Waals surface area contributed by atoms with Gasteiger partial charge in [-0.25, -0.2) is 0 Å². The molecule has 1 aromatic heterocycles. The van der Waals surface area contributed by atoms with Crippen LogP contribution in [0.4, 0.5) is 0 Å². The average Bonchev–Trinajstić information content (AvgIpc) is 3.45. The molecule has 5 rings (SSSR count). The molecule has 0 bridgehead atoms. The standard InChI is InChI=1S/C48H53NO2S2/c1-4-5-6-7-8-9-10-11-12-13-14-15-16-17-34-49-47-32-26-41(20-18-39-22-28-43(29-23-39)52-37(2)50)35-45(47)46-36-42(27-33-48(46)49)21-19-40-24-30-44(31-25-40)53-38(3)51/h22-33,35-36H,4-17,34H2,1-3H3. The molecule has 0 saturated carbocycles. The molecule has 0 amide bonds. The summed E-state index contributed by atoms with van der Waals surface area (Å²) in [6.45, 7) is 6.44. The van der Waals surface area contributed by atoms with Crippen LogP contribution in [0, 0.1) is 23.7 Å². The van der Waals surface area contributed by atoms with E-state index in [1.165, 1.54) is 129 Å². The van der Waals surface area contributed by atoms with Crippen molar-refractivity contribution in [2.75, 3.05) is 0 Å². The van der Waals surface area contributed by atoms with E-state index in [0.29, 0.717) is 0 Å². The zero-order valence-corrected chi connectivity index (χ0v) is 33.4. The van der Waals surface area contributed by atoms with Gasteiger partial charge in [-0.1, -0.05) is 138 Å². The van der Waals surface area contributed by atoms with Gasteiger partial charge in [0.05, 0.1) is 0 Å². The largest absolute Gasteiger partial charge is 0.340 e. The second-order valence-corrected chi connectivity index (χ2v) is 16.4. The summed E-state index contributed by atoms with van der Waals surface area (Å²) in [5, 5.41) is 2.54. The van der Waals surface area contributed by atoms with Gasteiger partial charge < -0.3 is 4.57 Å². The number of carbonyl (C=O) groups is 2. The smallest absolute Gasteiger partial charge is 0.190 e. The predicted molar refractivity (Wildman–Crippen MR) is 228 cm³/mol. The first-order chi connectivity index (χ1) is 25.9. The molecule has 0 saturated heterocycles. The van der Waals surface area contributed by atoms with Gasteiger partial charge in [-0.3, -0.25) is 9.59 Å². The van der Waals surface area contributed by atoms with Crippen LogP contribution >= 0.6 is 23.5 Å². The molecule has 0 aliphatic carbocycles. The van der Waals surface area contributed by atoms with Gasteiger partial charge in [0.1, 0.15) is 0 Å². The van der Waals surface area contributed by atoms with Gasteiger partial charge in [-0.15, -0.1) is 0 Å². The highest BCUT2D eigenvalue weighted by Gasteiger charge is 2.12. The second kappa shape index (κ2) is 21.5. The molecule has 0 fully saturated rings. The Balaban J connectivity index is 1.27. The summed E-state index contributed by atoms with van der Waals surface area (Å²) in [4.78, 5) is 24.8. The van der Waals surface area contributed by atoms with Gasteiger partial charge in [-0.05, 0) is 91.3 Å². The van der Waals surface area contributed by atoms with Crippen molar-refractivity contribution in [1.29, 1.82) is 0 Å². The van der Waals surface area contributed by atoms with Gasteiger partial charge in [0.25, 0.3) is 0 Å². The number of thioether (sulfide) groups is 2. The van der Waals surface area contributed by atoms with E-state index in [0.717, 1.165) is 45.0 Å². The Bertz CT molecular complexity index is 1950. The maximum atomic E-state index is 11.5. The molecule has 4 aromatic carbocycles. The van der Waals surface area contributed by atoms with Gasteiger partial charge in [-0.2, -0.15) is 0 Å². The van der Waals surface area contributed by atoms with Crippen LogP contribution < -0.4 is 0 Å². The van der Waals surface area contributed by atoms with E-state index in [1.807, 2.05) is 48.5 Å². The average molecular weight is 740 g/mol. The molecule has 0 spiro atoms. The normalized spacial score (nSPS) is 10.9. The fourth-order valence-corrected chi connectivity index (χ4v) is 8.01. The molecule has 0 N–H and O–H groups in total. The minimum Gasteiger partial charge on any atom is -0.340 e. The van der Waals surface area contributed by atoms with Crippen molar-refractivity contribution in [1.82, 2.24) is 4.57 Å². The van der Waals surface area contributed by atoms with Crippen LogP contribution in [-0.2, 0) is 16.1 Å². The summed E-state index contributed by atoms with van der Waals surface area (Å²) in [5.74, 6) is 13.4. The molecule has 5 heteroatoms. The number of hydrogen-bond donors (Lipinski definition) is 0. The molecule has 274 valence electrons. The minimum atomic E-state index is 0.0776. The lowest BCUT2D eigenvalue weighted by Gasteiger charge is -2.08. The van der Waals surface area contributed by atoms with E-state index in [9.17, 15) is 9.59 Å². The van der Waals surface area contributed by atoms with Gasteiger partial charge in [0.15, 0.2) is 10.2 Å². The lowest BCUT2D eigenvalue weighted by Crippen LogP contribution is -1.98. The number of nitrogens with zero attached hydrogens (tertiary/aromatic N) is 1. The number of hydrogen-bond acceptors (Lipinski definition) is 4. The Hall–Kier alpha value is -4.16. The van der Waals surface area contributed by atoms with E-state index in [1.54, 1.807) is 13.8 Å². The van der Waals surface area contributed by atoms with Crippen LogP contribution in [0.2, 0.25) is 0 Å². The molecular formula is C48H53NO2S2. The third kappa shape index (κ3) is 13.0. The molecule has 0 atom stereocenters. The van der Waals surface area contributed by atoms with Crippen molar-refractivity contribution in [3.8, 4) is 23.7 Å². The zero-order valence-electron chi connectivity index (χ0n) is 31.8. The molecular weight excluding hydrogens is 687 g/mol. The quantitative estimate of drug-likeness (QED) is 0.0541. The van der Waals surface area contributed by atoms with Gasteiger partial charge in [0.2, 0.25) is 0 Å². The van der Waals surface area contributed by atoms with Gasteiger partial charge >= 0.3 is 0 Å². The molecule has 0 radical (unpaired) electrons. The molecule has 0 aliphatic heterocycles. The van der Waals surface area contributed by atoms with Crippen molar-refractivity contribution < 1.29 is 9.59 Å². The number of fused-ring (bicyclic) bond motifs is 3. The van der Waals surface area contributed by atoms with E-state index in [-0.39, 0.29) is 10.2 Å². The minimum absolute atomic E-state index is 0.0776. The van der Waals surface area contributed by atoms with Crippen molar-refractivity contribution in [3.05, 3.63) is 107 Å². The summed E-state index contributed by atoms with van der Waals surface area (Å²) < 4.78 is 2.48. The fraction of sp³-hybridized carbons (Fsp3) is 0.375. The number of aromatic nitrogens is 1. The number of benzene rings is 4. The third-order valence-electron chi connectivity index (χ3n) is 9.53. The first-order valence-corrected chi connectivity index (χ1v) is 21.2. The zero-order chi connectivity index (χ0) is 37.3. The first-order valence-electron chi connectivity index (χ1n) is 19.6. The summed E-state index contributed by atoms with van der Waals surface area (Å²) in [6.07, 6.45) is 19.0. The molecule has 53 heavy (non-hydrogen) atoms. The number of aryl methyl sites for hydroxylation is 1. The molecule has 3 nitrogen and oxygen atoms in total. The number of unbranched alkanes of at least 4 members (excludes halogenated alkanes) is 13. The lowest BCUT2D eigenvalue weighted by atomic mass is 10.0. The Morgan fingerprint density at radius 3 is 1.19 bits per heavy atom. The van der Waals surface area contributed by atoms with Crippen LogP contribution in [0.3, 0.4) is 0 Å². The van der Waals surface area contributed by atoms with Crippen LogP contribution in [-0.4, -0.2) is 14.8 Å². The lowest BCUT2D eigenvalue weighted by molar-refractivity contribution is -0.109. The Morgan fingerprint density at radius 2 is 0.811 bits per heavy atom. The Morgan fingerprint density at radius 1 is 0.472 bits per heavy atom. The summed E-state index contributed by atoms with van der Waals surface area (Å²) >= 11 is 2.47. The SMILES string of the molecule is CCCCCCCCCCCCCCCCn1c2ccc(C#Cc3ccc(SC(C)=O)cc3)cc2c2cc(C#Cc3ccc(SC(C)=O)cc3)ccc21. The molecule has 0 unspecified atom stereocenters. The fourth-order valence-electron chi connectivity index (χ4n) is 6.80. The number of carbonyl (C=O) groups excluding carboxylic acids is 2. The highest BCUT2D eigenvalue weighted by Crippen LogP contribution is 2.31. The van der Waals surface area contributed by atoms with Crippen LogP contribution in [0.25, 0.3) is 21.8 Å². The topological polar surface area (TPSA) is 39.1 Å². The summed E-state index contributed by atoms with van der Waals surface area (Å²) in [7, 11) is 0. The van der Waals surface area contributed by atoms with Crippen molar-refractivity contribution in [2.45, 2.75) is 127 Å². The maximum Gasteiger partial charge on any atom is 0.190 e. The van der Waals surface area contributed by atoms with Gasteiger partial charge in [0, 0.05) is 74.2 Å².